The van der Waals surface area contributed by atoms with Crippen molar-refractivity contribution in [3.05, 3.63) is 59.9 Å². The van der Waals surface area contributed by atoms with Crippen LogP contribution in [0.4, 0.5) is 23.1 Å². The Morgan fingerprint density at radius 1 is 1.10 bits per heavy atom. The van der Waals surface area contributed by atoms with Crippen LogP contribution in [-0.4, -0.2) is 35.2 Å². The molecule has 0 aliphatic rings. The number of fused-ring (bicyclic) bond motifs is 1. The van der Waals surface area contributed by atoms with E-state index < -0.39 is 10.0 Å². The molecule has 2 aromatic heterocycles. The van der Waals surface area contributed by atoms with Gasteiger partial charge in [0.1, 0.15) is 5.82 Å². The predicted octanol–water partition coefficient (Wildman–Crippen LogP) is 3.14. The van der Waals surface area contributed by atoms with Crippen molar-refractivity contribution in [2.45, 2.75) is 18.7 Å². The van der Waals surface area contributed by atoms with E-state index in [2.05, 4.69) is 26.4 Å². The summed E-state index contributed by atoms with van der Waals surface area (Å²) in [5, 5.41) is 13.9. The molecular formula is C21H23N7O2S. The molecule has 2 aromatic carbocycles. The summed E-state index contributed by atoms with van der Waals surface area (Å²) in [6, 6.07) is 12.7. The van der Waals surface area contributed by atoms with Crippen LogP contribution >= 0.6 is 0 Å². The van der Waals surface area contributed by atoms with Crippen molar-refractivity contribution in [3.8, 4) is 0 Å². The third-order valence-electron chi connectivity index (χ3n) is 5.22. The lowest BCUT2D eigenvalue weighted by Crippen LogP contribution is -2.14. The third-order valence-corrected chi connectivity index (χ3v) is 6.29. The Kier molecular flexibility index (Phi) is 5.11. The van der Waals surface area contributed by atoms with E-state index in [1.807, 2.05) is 48.8 Å². The van der Waals surface area contributed by atoms with E-state index in [1.54, 1.807) is 25.3 Å². The largest absolute Gasteiger partial charge is 0.329 e. The van der Waals surface area contributed by atoms with Crippen molar-refractivity contribution >= 4 is 44.1 Å². The van der Waals surface area contributed by atoms with Gasteiger partial charge in [0.15, 0.2) is 0 Å². The smallest absolute Gasteiger partial charge is 0.238 e. The van der Waals surface area contributed by atoms with Crippen LogP contribution in [-0.2, 0) is 17.1 Å². The second-order valence-electron chi connectivity index (χ2n) is 7.36. The van der Waals surface area contributed by atoms with Gasteiger partial charge in [0.05, 0.1) is 10.4 Å². The maximum atomic E-state index is 11.6. The first-order valence-corrected chi connectivity index (χ1v) is 11.1. The Morgan fingerprint density at radius 3 is 2.58 bits per heavy atom. The molecule has 0 radical (unpaired) electrons. The van der Waals surface area contributed by atoms with Gasteiger partial charge in [0, 0.05) is 42.7 Å². The number of aryl methyl sites for hydroxylation is 3. The number of hydrogen-bond acceptors (Lipinski definition) is 7. The van der Waals surface area contributed by atoms with E-state index in [-0.39, 0.29) is 4.90 Å². The van der Waals surface area contributed by atoms with Crippen LogP contribution in [0, 0.1) is 13.8 Å². The maximum Gasteiger partial charge on any atom is 0.238 e. The molecule has 4 rings (SSSR count). The molecule has 10 heteroatoms. The minimum absolute atomic E-state index is 0.0912. The molecular weight excluding hydrogens is 414 g/mol. The quantitative estimate of drug-likeness (QED) is 0.492. The summed E-state index contributed by atoms with van der Waals surface area (Å²) < 4.78 is 25.1. The zero-order chi connectivity index (χ0) is 22.3. The van der Waals surface area contributed by atoms with Crippen LogP contribution < -0.4 is 15.4 Å². The van der Waals surface area contributed by atoms with Gasteiger partial charge < -0.3 is 10.2 Å². The molecule has 0 atom stereocenters. The number of primary sulfonamides is 1. The van der Waals surface area contributed by atoms with E-state index in [9.17, 15) is 8.42 Å². The first-order valence-electron chi connectivity index (χ1n) is 9.54. The molecule has 31 heavy (non-hydrogen) atoms. The van der Waals surface area contributed by atoms with Gasteiger partial charge in [-0.2, -0.15) is 10.1 Å². The molecule has 4 aromatic rings. The van der Waals surface area contributed by atoms with Gasteiger partial charge in [-0.15, -0.1) is 0 Å². The minimum Gasteiger partial charge on any atom is -0.329 e. The van der Waals surface area contributed by atoms with Crippen LogP contribution in [0.25, 0.3) is 10.9 Å². The zero-order valence-electron chi connectivity index (χ0n) is 17.7. The molecule has 0 unspecified atom stereocenters. The predicted molar refractivity (Wildman–Crippen MR) is 121 cm³/mol. The Balaban J connectivity index is 1.61. The number of hydrogen-bond donors (Lipinski definition) is 2. The monoisotopic (exact) mass is 437 g/mol. The Morgan fingerprint density at radius 2 is 1.87 bits per heavy atom. The number of benzene rings is 2. The molecule has 0 saturated carbocycles. The van der Waals surface area contributed by atoms with Crippen molar-refractivity contribution < 1.29 is 8.42 Å². The summed E-state index contributed by atoms with van der Waals surface area (Å²) in [4.78, 5) is 10.9. The number of nitrogens with one attached hydrogen (secondary N) is 1. The average Bonchev–Trinajstić information content (AvgIpc) is 3.00. The molecule has 0 aliphatic heterocycles. The summed E-state index contributed by atoms with van der Waals surface area (Å²) in [7, 11) is 0.103. The molecule has 0 spiro atoms. The van der Waals surface area contributed by atoms with E-state index in [4.69, 9.17) is 5.14 Å². The Labute approximate surface area is 180 Å². The van der Waals surface area contributed by atoms with E-state index in [1.165, 1.54) is 6.07 Å². The minimum atomic E-state index is -3.76. The van der Waals surface area contributed by atoms with Gasteiger partial charge in [-0.1, -0.05) is 0 Å². The van der Waals surface area contributed by atoms with Crippen molar-refractivity contribution in [3.63, 3.8) is 0 Å². The van der Waals surface area contributed by atoms with E-state index >= 15 is 0 Å². The fourth-order valence-electron chi connectivity index (χ4n) is 3.42. The van der Waals surface area contributed by atoms with Gasteiger partial charge in [0.25, 0.3) is 0 Å². The SMILES string of the molecule is Cc1cc(Nc2nccc(N(C)c3ccc4nn(C)c(C)c4c3)n2)ccc1S(N)(=O)=O. The van der Waals surface area contributed by atoms with Crippen molar-refractivity contribution in [1.82, 2.24) is 19.7 Å². The first kappa shape index (κ1) is 20.8. The lowest BCUT2D eigenvalue weighted by Gasteiger charge is -2.19. The highest BCUT2D eigenvalue weighted by Crippen LogP contribution is 2.28. The number of sulfonamides is 1. The van der Waals surface area contributed by atoms with Gasteiger partial charge in [-0.05, 0) is 61.9 Å². The van der Waals surface area contributed by atoms with Gasteiger partial charge in [-0.25, -0.2) is 18.5 Å². The Hall–Kier alpha value is -3.50. The van der Waals surface area contributed by atoms with Crippen LogP contribution in [0.15, 0.2) is 53.6 Å². The summed E-state index contributed by atoms with van der Waals surface area (Å²) in [5.74, 6) is 1.10. The number of anilines is 4. The van der Waals surface area contributed by atoms with Crippen LogP contribution in [0.1, 0.15) is 11.3 Å². The van der Waals surface area contributed by atoms with Gasteiger partial charge in [0.2, 0.25) is 16.0 Å². The normalized spacial score (nSPS) is 11.6. The third kappa shape index (κ3) is 4.07. The van der Waals surface area contributed by atoms with E-state index in [0.717, 1.165) is 22.3 Å². The highest BCUT2D eigenvalue weighted by Gasteiger charge is 2.13. The molecule has 0 amide bonds. The maximum absolute atomic E-state index is 11.6. The van der Waals surface area contributed by atoms with Crippen LogP contribution in [0.2, 0.25) is 0 Å². The van der Waals surface area contributed by atoms with Crippen LogP contribution in [0.5, 0.6) is 0 Å². The second-order valence-corrected chi connectivity index (χ2v) is 8.89. The molecule has 160 valence electrons. The standard InChI is InChI=1S/C21H23N7O2S/c1-13-11-15(5-8-19(13)31(22,29)30)24-21-23-10-9-20(25-21)27(3)16-6-7-18-17(12-16)14(2)28(4)26-18/h5-12H,1-4H3,(H2,22,29,30)(H,23,24,25). The first-order chi connectivity index (χ1) is 14.6. The van der Waals surface area contributed by atoms with Gasteiger partial charge >= 0.3 is 0 Å². The molecule has 0 aliphatic carbocycles. The lowest BCUT2D eigenvalue weighted by atomic mass is 10.2. The molecule has 3 N–H and O–H groups in total. The number of rotatable bonds is 5. The summed E-state index contributed by atoms with van der Waals surface area (Å²) in [6.45, 7) is 3.72. The summed E-state index contributed by atoms with van der Waals surface area (Å²) in [6.07, 6.45) is 1.67. The number of aromatic nitrogens is 4. The molecule has 0 fully saturated rings. The number of nitrogens with zero attached hydrogens (tertiary/aromatic N) is 5. The second kappa shape index (κ2) is 7.64. The summed E-state index contributed by atoms with van der Waals surface area (Å²) in [5.41, 5.74) is 4.22. The van der Waals surface area contributed by atoms with Crippen molar-refractivity contribution in [2.24, 2.45) is 12.2 Å². The molecule has 9 nitrogen and oxygen atoms in total. The number of nitrogens with two attached hydrogens (primary N) is 1. The van der Waals surface area contributed by atoms with Crippen molar-refractivity contribution in [1.29, 1.82) is 0 Å². The molecule has 0 saturated heterocycles. The molecule has 0 bridgehead atoms. The lowest BCUT2D eigenvalue weighted by molar-refractivity contribution is 0.597. The fraction of sp³-hybridized carbons (Fsp3) is 0.190. The highest BCUT2D eigenvalue weighted by molar-refractivity contribution is 7.89. The van der Waals surface area contributed by atoms with Crippen LogP contribution in [0.3, 0.4) is 0 Å². The topological polar surface area (TPSA) is 119 Å². The fourth-order valence-corrected chi connectivity index (χ4v) is 4.19. The average molecular weight is 438 g/mol. The summed E-state index contributed by atoms with van der Waals surface area (Å²) >= 11 is 0. The molecule has 2 heterocycles. The Bertz CT molecular complexity index is 1400. The highest BCUT2D eigenvalue weighted by atomic mass is 32.2. The van der Waals surface area contributed by atoms with Gasteiger partial charge in [-0.3, -0.25) is 4.68 Å². The zero-order valence-corrected chi connectivity index (χ0v) is 18.5. The van der Waals surface area contributed by atoms with Crippen molar-refractivity contribution in [2.75, 3.05) is 17.3 Å². The van der Waals surface area contributed by atoms with E-state index in [0.29, 0.717) is 23.0 Å².